The van der Waals surface area contributed by atoms with Crippen LogP contribution in [0, 0.1) is 0 Å². The van der Waals surface area contributed by atoms with Crippen molar-refractivity contribution in [1.29, 1.82) is 0 Å². The number of rotatable bonds is 8. The highest BCUT2D eigenvalue weighted by atomic mass is 15.2. The van der Waals surface area contributed by atoms with Crippen LogP contribution in [0.25, 0.3) is 66.1 Å². The average Bonchev–Trinajstić information content (AvgIpc) is 2.59. The fourth-order valence-electron chi connectivity index (χ4n) is 13.3. The number of nitrogens with one attached hydrogen (secondary N) is 1. The second kappa shape index (κ2) is 17.9. The second-order valence-corrected chi connectivity index (χ2v) is 21.2. The number of aromatic nitrogens is 2. The van der Waals surface area contributed by atoms with Crippen molar-refractivity contribution in [2.75, 3.05) is 0 Å². The molecule has 0 bridgehead atoms. The van der Waals surface area contributed by atoms with Crippen LogP contribution in [0.4, 0.5) is 0 Å². The lowest BCUT2D eigenvalue weighted by Crippen LogP contribution is -2.41. The predicted molar refractivity (Wildman–Crippen MR) is 323 cm³/mol. The highest BCUT2D eigenvalue weighted by Crippen LogP contribution is 2.60. The minimum Gasteiger partial charge on any atom is -0.344 e. The molecule has 3 heterocycles. The minimum atomic E-state index is -0.608. The van der Waals surface area contributed by atoms with Crippen molar-refractivity contribution in [2.45, 2.75) is 30.8 Å². The van der Waals surface area contributed by atoms with E-state index in [1.807, 2.05) is 24.3 Å². The van der Waals surface area contributed by atoms with Gasteiger partial charge in [-0.05, 0) is 112 Å². The number of aliphatic imine (C=N–C) groups is 2. The summed E-state index contributed by atoms with van der Waals surface area (Å²) < 4.78 is 4.97. The van der Waals surface area contributed by atoms with Crippen molar-refractivity contribution in [2.24, 2.45) is 9.98 Å². The van der Waals surface area contributed by atoms with Crippen LogP contribution in [0.3, 0.4) is 0 Å². The molecule has 5 heteroatoms. The number of amidine groups is 2. The van der Waals surface area contributed by atoms with Gasteiger partial charge in [-0.25, -0.2) is 9.98 Å². The molecular weight excluding hydrogens is 947 g/mol. The zero-order chi connectivity index (χ0) is 52.0. The molecule has 0 radical (unpaired) electrons. The van der Waals surface area contributed by atoms with Crippen molar-refractivity contribution in [3.8, 4) is 22.5 Å². The van der Waals surface area contributed by atoms with E-state index < -0.39 is 10.8 Å². The average molecular weight is 1000 g/mol. The van der Waals surface area contributed by atoms with Crippen molar-refractivity contribution in [3.05, 3.63) is 323 Å². The molecule has 0 spiro atoms. The van der Waals surface area contributed by atoms with E-state index in [9.17, 15) is 0 Å². The molecule has 11 aromatic carbocycles. The van der Waals surface area contributed by atoms with E-state index in [4.69, 9.17) is 9.98 Å². The summed E-state index contributed by atoms with van der Waals surface area (Å²) in [5, 5.41) is 8.72. The Morgan fingerprint density at radius 2 is 0.808 bits per heavy atom. The van der Waals surface area contributed by atoms with E-state index in [-0.39, 0.29) is 6.17 Å². The van der Waals surface area contributed by atoms with Gasteiger partial charge in [0.2, 0.25) is 0 Å². The lowest BCUT2D eigenvalue weighted by Gasteiger charge is -2.48. The largest absolute Gasteiger partial charge is 0.344 e. The molecule has 2 aliphatic rings. The van der Waals surface area contributed by atoms with Gasteiger partial charge >= 0.3 is 0 Å². The molecular formula is C73H53N5. The molecule has 0 amide bonds. The number of hydrogen-bond donors (Lipinski definition) is 1. The van der Waals surface area contributed by atoms with E-state index >= 15 is 0 Å². The van der Waals surface area contributed by atoms with Gasteiger partial charge in [-0.3, -0.25) is 0 Å². The minimum absolute atomic E-state index is 0.381. The summed E-state index contributed by atoms with van der Waals surface area (Å²) in [5.74, 6) is 1.50. The molecule has 15 rings (SSSR count). The quantitative estimate of drug-likeness (QED) is 0.162. The Morgan fingerprint density at radius 1 is 0.372 bits per heavy atom. The van der Waals surface area contributed by atoms with Crippen LogP contribution in [0.15, 0.2) is 283 Å². The van der Waals surface area contributed by atoms with E-state index in [0.29, 0.717) is 5.84 Å². The zero-order valence-electron chi connectivity index (χ0n) is 43.3. The molecule has 13 aromatic rings. The Balaban J connectivity index is 0.992. The van der Waals surface area contributed by atoms with Gasteiger partial charge in [0, 0.05) is 54.9 Å². The number of nitrogens with zero attached hydrogens (tertiary/aromatic N) is 4. The molecule has 0 fully saturated rings. The predicted octanol–water partition coefficient (Wildman–Crippen LogP) is 17.1. The van der Waals surface area contributed by atoms with Crippen LogP contribution in [-0.4, -0.2) is 20.8 Å². The van der Waals surface area contributed by atoms with E-state index in [1.54, 1.807) is 0 Å². The molecule has 1 aliphatic carbocycles. The van der Waals surface area contributed by atoms with Gasteiger partial charge in [-0.1, -0.05) is 224 Å². The Morgan fingerprint density at radius 3 is 1.35 bits per heavy atom. The summed E-state index contributed by atoms with van der Waals surface area (Å²) in [5.41, 5.74) is 18.9. The Bertz CT molecular complexity index is 4540. The van der Waals surface area contributed by atoms with E-state index in [0.717, 1.165) is 44.9 Å². The van der Waals surface area contributed by atoms with Crippen LogP contribution < -0.4 is 5.32 Å². The first-order chi connectivity index (χ1) is 38.5. The highest BCUT2D eigenvalue weighted by Gasteiger charge is 2.50. The van der Waals surface area contributed by atoms with E-state index in [1.165, 1.54) is 77.1 Å². The number of benzene rings is 11. The van der Waals surface area contributed by atoms with Gasteiger partial charge in [0.25, 0.3) is 0 Å². The monoisotopic (exact) mass is 999 g/mol. The molecule has 1 aliphatic heterocycles. The van der Waals surface area contributed by atoms with Crippen molar-refractivity contribution < 1.29 is 0 Å². The van der Waals surface area contributed by atoms with Gasteiger partial charge in [-0.15, -0.1) is 0 Å². The summed E-state index contributed by atoms with van der Waals surface area (Å²) in [6.07, 6.45) is -0.381. The van der Waals surface area contributed by atoms with Crippen molar-refractivity contribution in [3.63, 3.8) is 0 Å². The topological polar surface area (TPSA) is 46.6 Å². The van der Waals surface area contributed by atoms with Crippen LogP contribution in [0.1, 0.15) is 70.1 Å². The number of para-hydroxylation sites is 2. The lowest BCUT2D eigenvalue weighted by molar-refractivity contribution is 0.577. The van der Waals surface area contributed by atoms with Crippen molar-refractivity contribution in [1.82, 2.24) is 14.5 Å². The Labute approximate surface area is 453 Å². The number of hydrogen-bond acceptors (Lipinski definition) is 3. The summed E-state index contributed by atoms with van der Waals surface area (Å²) in [4.78, 5) is 10.4. The summed E-state index contributed by atoms with van der Waals surface area (Å²) in [6, 6.07) is 99.6. The van der Waals surface area contributed by atoms with Gasteiger partial charge in [-0.2, -0.15) is 0 Å². The molecule has 370 valence electrons. The fourth-order valence-corrected chi connectivity index (χ4v) is 13.3. The third-order valence-electron chi connectivity index (χ3n) is 16.9. The van der Waals surface area contributed by atoms with Crippen LogP contribution in [0.2, 0.25) is 0 Å². The third-order valence-corrected chi connectivity index (χ3v) is 16.9. The third kappa shape index (κ3) is 6.87. The Hall–Kier alpha value is -9.84. The Kier molecular flexibility index (Phi) is 10.5. The molecule has 1 N–H and O–H groups in total. The van der Waals surface area contributed by atoms with E-state index in [2.05, 4.69) is 277 Å². The molecule has 0 saturated heterocycles. The highest BCUT2D eigenvalue weighted by molar-refractivity contribution is 6.16. The maximum absolute atomic E-state index is 5.30. The maximum Gasteiger partial charge on any atom is 0.159 e. The first-order valence-corrected chi connectivity index (χ1v) is 27.0. The maximum atomic E-state index is 5.30. The lowest BCUT2D eigenvalue weighted by atomic mass is 9.54. The van der Waals surface area contributed by atoms with Crippen LogP contribution in [-0.2, 0) is 10.8 Å². The standard InChI is InChI=1S/C73H53N5/c1-72(53-32-14-6-15-33-53)60-43-45-64-66(58-39-19-21-41-62(58)78(64)56-37-23-31-52(47-56)71-75-69(49-26-10-4-11-27-49)74-70(76-71)50-28-12-5-13-29-50)68(60)73(2,54-34-16-7-17-35-54)59-42-44-63-65(67(59)72)57-38-18-20-40-61(57)77(63)55-36-22-30-51(46-55)48-24-8-3-9-25-48/h3-47,71H,1-2H3,(H,74,75,76). The first-order valence-electron chi connectivity index (χ1n) is 27.0. The summed E-state index contributed by atoms with van der Waals surface area (Å²) >= 11 is 0. The molecule has 2 aromatic heterocycles. The molecule has 3 atom stereocenters. The smallest absolute Gasteiger partial charge is 0.159 e. The molecule has 3 unspecified atom stereocenters. The van der Waals surface area contributed by atoms with Crippen LogP contribution >= 0.6 is 0 Å². The second-order valence-electron chi connectivity index (χ2n) is 21.2. The van der Waals surface area contributed by atoms with Gasteiger partial charge in [0.15, 0.2) is 5.84 Å². The fraction of sp³-hybridized carbons (Fsp3) is 0.0685. The normalized spacial score (nSPS) is 17.8. The zero-order valence-corrected chi connectivity index (χ0v) is 43.3. The SMILES string of the molecule is CC1(c2ccccc2)c2ccc3c(c2C(C)(c2ccccc2)c2ccc4c(c21)c1ccccc1n4-c1cccc(-c2ccccc2)c1)c1ccccc1n3-c1cccc(C2N=C(c3ccccc3)N=C(c3ccccc3)N2)c1. The first kappa shape index (κ1) is 45.5. The van der Waals surface area contributed by atoms with Gasteiger partial charge in [0.05, 0.1) is 22.1 Å². The molecule has 0 saturated carbocycles. The molecule has 5 nitrogen and oxygen atoms in total. The summed E-state index contributed by atoms with van der Waals surface area (Å²) in [6.45, 7) is 4.99. The van der Waals surface area contributed by atoms with Crippen LogP contribution in [0.5, 0.6) is 0 Å². The van der Waals surface area contributed by atoms with Crippen molar-refractivity contribution >= 4 is 55.3 Å². The van der Waals surface area contributed by atoms with Gasteiger partial charge in [0.1, 0.15) is 12.0 Å². The molecule has 78 heavy (non-hydrogen) atoms. The van der Waals surface area contributed by atoms with Gasteiger partial charge < -0.3 is 14.5 Å². The number of fused-ring (bicyclic) bond motifs is 10. The summed E-state index contributed by atoms with van der Waals surface area (Å²) in [7, 11) is 0.